The van der Waals surface area contributed by atoms with Gasteiger partial charge >= 0.3 is 0 Å². The van der Waals surface area contributed by atoms with Gasteiger partial charge in [0, 0.05) is 7.11 Å². The Balaban J connectivity index is 1.90. The van der Waals surface area contributed by atoms with Crippen molar-refractivity contribution in [2.45, 2.75) is 6.61 Å². The lowest BCUT2D eigenvalue weighted by Crippen LogP contribution is -2.05. The minimum atomic E-state index is 0.280. The zero-order chi connectivity index (χ0) is 9.36. The topological polar surface area (TPSA) is 56.4 Å². The standard InChI is InChI=1S/C8H14N2O3/c1-11-2-3-12-7-13-5-8-4-9-6-10-8/h4,6H,2-3,5,7H2,1H3,(H,9,10). The van der Waals surface area contributed by atoms with Crippen LogP contribution in [0.2, 0.25) is 0 Å². The van der Waals surface area contributed by atoms with Crippen LogP contribution in [0.5, 0.6) is 0 Å². The normalized spacial score (nSPS) is 10.5. The van der Waals surface area contributed by atoms with Gasteiger partial charge in [-0.15, -0.1) is 0 Å². The molecule has 1 heterocycles. The fourth-order valence-corrected chi connectivity index (χ4v) is 0.775. The molecule has 5 heteroatoms. The molecule has 0 fully saturated rings. The van der Waals surface area contributed by atoms with Crippen LogP contribution in [0.4, 0.5) is 0 Å². The van der Waals surface area contributed by atoms with Crippen LogP contribution in [0, 0.1) is 0 Å². The van der Waals surface area contributed by atoms with Crippen LogP contribution in [0.3, 0.4) is 0 Å². The lowest BCUT2D eigenvalue weighted by molar-refractivity contribution is -0.0731. The number of imidazole rings is 1. The van der Waals surface area contributed by atoms with Gasteiger partial charge in [0.15, 0.2) is 0 Å². The van der Waals surface area contributed by atoms with Crippen molar-refractivity contribution in [1.29, 1.82) is 0 Å². The van der Waals surface area contributed by atoms with Crippen molar-refractivity contribution in [1.82, 2.24) is 9.97 Å². The Morgan fingerprint density at radius 3 is 3.00 bits per heavy atom. The van der Waals surface area contributed by atoms with Crippen molar-refractivity contribution in [2.24, 2.45) is 0 Å². The van der Waals surface area contributed by atoms with E-state index < -0.39 is 0 Å². The van der Waals surface area contributed by atoms with E-state index in [-0.39, 0.29) is 6.79 Å². The number of hydrogen-bond acceptors (Lipinski definition) is 4. The molecule has 1 rings (SSSR count). The largest absolute Gasteiger partial charge is 0.382 e. The molecule has 0 bridgehead atoms. The minimum absolute atomic E-state index is 0.280. The second kappa shape index (κ2) is 6.59. The molecule has 0 saturated carbocycles. The van der Waals surface area contributed by atoms with Gasteiger partial charge in [0.25, 0.3) is 0 Å². The lowest BCUT2D eigenvalue weighted by atomic mass is 10.5. The van der Waals surface area contributed by atoms with Gasteiger partial charge < -0.3 is 19.2 Å². The van der Waals surface area contributed by atoms with Gasteiger partial charge in [-0.1, -0.05) is 0 Å². The summed E-state index contributed by atoms with van der Waals surface area (Å²) in [6.45, 7) is 1.92. The molecular weight excluding hydrogens is 172 g/mol. The van der Waals surface area contributed by atoms with Gasteiger partial charge in [-0.2, -0.15) is 0 Å². The number of aromatic nitrogens is 2. The minimum Gasteiger partial charge on any atom is -0.382 e. The van der Waals surface area contributed by atoms with E-state index in [4.69, 9.17) is 14.2 Å². The van der Waals surface area contributed by atoms with Crippen LogP contribution in [-0.2, 0) is 20.8 Å². The first-order chi connectivity index (χ1) is 6.43. The van der Waals surface area contributed by atoms with E-state index in [1.807, 2.05) is 0 Å². The number of nitrogens with one attached hydrogen (secondary N) is 1. The Kier molecular flexibility index (Phi) is 5.16. The van der Waals surface area contributed by atoms with E-state index in [0.29, 0.717) is 19.8 Å². The smallest absolute Gasteiger partial charge is 0.147 e. The highest BCUT2D eigenvalue weighted by atomic mass is 16.7. The third-order valence-electron chi connectivity index (χ3n) is 1.41. The molecule has 0 spiro atoms. The zero-order valence-electron chi connectivity index (χ0n) is 7.66. The number of methoxy groups -OCH3 is 1. The zero-order valence-corrected chi connectivity index (χ0v) is 7.66. The van der Waals surface area contributed by atoms with Crippen molar-refractivity contribution in [3.8, 4) is 0 Å². The maximum atomic E-state index is 5.18. The molecule has 0 unspecified atom stereocenters. The van der Waals surface area contributed by atoms with Crippen molar-refractivity contribution in [2.75, 3.05) is 27.1 Å². The van der Waals surface area contributed by atoms with Crippen LogP contribution >= 0.6 is 0 Å². The maximum absolute atomic E-state index is 5.18. The molecule has 0 amide bonds. The van der Waals surface area contributed by atoms with Gasteiger partial charge in [0.1, 0.15) is 6.79 Å². The maximum Gasteiger partial charge on any atom is 0.147 e. The SMILES string of the molecule is COCCOCOCc1cnc[nH]1. The molecule has 0 saturated heterocycles. The van der Waals surface area contributed by atoms with E-state index in [1.54, 1.807) is 19.6 Å². The first kappa shape index (κ1) is 10.2. The number of ether oxygens (including phenoxy) is 3. The molecule has 0 aliphatic carbocycles. The second-order valence-corrected chi connectivity index (χ2v) is 2.44. The Labute approximate surface area is 77.0 Å². The van der Waals surface area contributed by atoms with Gasteiger partial charge in [-0.05, 0) is 0 Å². The third kappa shape index (κ3) is 4.62. The van der Waals surface area contributed by atoms with E-state index in [0.717, 1.165) is 5.69 Å². The number of aromatic amines is 1. The number of H-pyrrole nitrogens is 1. The fourth-order valence-electron chi connectivity index (χ4n) is 0.775. The van der Waals surface area contributed by atoms with Crippen LogP contribution in [-0.4, -0.2) is 37.1 Å². The van der Waals surface area contributed by atoms with E-state index in [2.05, 4.69) is 9.97 Å². The summed E-state index contributed by atoms with van der Waals surface area (Å²) in [5.74, 6) is 0. The Bertz CT molecular complexity index is 201. The highest BCUT2D eigenvalue weighted by molar-refractivity contribution is 4.90. The number of nitrogens with zero attached hydrogens (tertiary/aromatic N) is 1. The average Bonchev–Trinajstić information content (AvgIpc) is 2.63. The molecule has 1 aromatic rings. The summed E-state index contributed by atoms with van der Waals surface area (Å²) in [6.07, 6.45) is 3.33. The average molecular weight is 186 g/mol. The Morgan fingerprint density at radius 2 is 2.31 bits per heavy atom. The second-order valence-electron chi connectivity index (χ2n) is 2.44. The van der Waals surface area contributed by atoms with Crippen LogP contribution in [0.25, 0.3) is 0 Å². The molecule has 74 valence electrons. The Hall–Kier alpha value is -0.910. The van der Waals surface area contributed by atoms with E-state index >= 15 is 0 Å². The highest BCUT2D eigenvalue weighted by Crippen LogP contribution is 1.93. The van der Waals surface area contributed by atoms with Gasteiger partial charge in [0.2, 0.25) is 0 Å². The number of rotatable bonds is 7. The first-order valence-electron chi connectivity index (χ1n) is 4.05. The van der Waals surface area contributed by atoms with Crippen molar-refractivity contribution >= 4 is 0 Å². The fraction of sp³-hybridized carbons (Fsp3) is 0.625. The van der Waals surface area contributed by atoms with Crippen molar-refractivity contribution in [3.63, 3.8) is 0 Å². The van der Waals surface area contributed by atoms with Crippen molar-refractivity contribution < 1.29 is 14.2 Å². The molecule has 1 N–H and O–H groups in total. The monoisotopic (exact) mass is 186 g/mol. The molecule has 0 aromatic carbocycles. The van der Waals surface area contributed by atoms with E-state index in [9.17, 15) is 0 Å². The van der Waals surface area contributed by atoms with Gasteiger partial charge in [-0.3, -0.25) is 0 Å². The first-order valence-corrected chi connectivity index (χ1v) is 4.05. The predicted octanol–water partition coefficient (Wildman–Crippen LogP) is 0.547. The quantitative estimate of drug-likeness (QED) is 0.499. The Morgan fingerprint density at radius 1 is 1.38 bits per heavy atom. The van der Waals surface area contributed by atoms with Crippen LogP contribution in [0.15, 0.2) is 12.5 Å². The van der Waals surface area contributed by atoms with Crippen LogP contribution < -0.4 is 0 Å². The number of hydrogen-bond donors (Lipinski definition) is 1. The summed E-state index contributed by atoms with van der Waals surface area (Å²) < 4.78 is 15.1. The summed E-state index contributed by atoms with van der Waals surface area (Å²) in [7, 11) is 1.63. The molecular formula is C8H14N2O3. The molecule has 13 heavy (non-hydrogen) atoms. The molecule has 0 atom stereocenters. The summed E-state index contributed by atoms with van der Waals surface area (Å²) in [6, 6.07) is 0. The van der Waals surface area contributed by atoms with Crippen LogP contribution in [0.1, 0.15) is 5.69 Å². The van der Waals surface area contributed by atoms with E-state index in [1.165, 1.54) is 0 Å². The summed E-state index contributed by atoms with van der Waals surface area (Å²) in [5, 5.41) is 0. The summed E-state index contributed by atoms with van der Waals surface area (Å²) >= 11 is 0. The molecule has 1 aromatic heterocycles. The third-order valence-corrected chi connectivity index (χ3v) is 1.41. The summed E-state index contributed by atoms with van der Waals surface area (Å²) in [5.41, 5.74) is 0.940. The molecule has 0 aliphatic rings. The molecule has 5 nitrogen and oxygen atoms in total. The van der Waals surface area contributed by atoms with Gasteiger partial charge in [-0.25, -0.2) is 4.98 Å². The molecule has 0 aliphatic heterocycles. The highest BCUT2D eigenvalue weighted by Gasteiger charge is 1.92. The lowest BCUT2D eigenvalue weighted by Gasteiger charge is -2.03. The summed E-state index contributed by atoms with van der Waals surface area (Å²) in [4.78, 5) is 6.78. The predicted molar refractivity (Wildman–Crippen MR) is 46.1 cm³/mol. The van der Waals surface area contributed by atoms with Crippen molar-refractivity contribution in [3.05, 3.63) is 18.2 Å². The van der Waals surface area contributed by atoms with Gasteiger partial charge in [0.05, 0.1) is 38.0 Å². The molecule has 0 radical (unpaired) electrons.